The van der Waals surface area contributed by atoms with Crippen molar-refractivity contribution in [3.05, 3.63) is 79.0 Å². The second-order valence-electron chi connectivity index (χ2n) is 9.62. The third-order valence-corrected chi connectivity index (χ3v) is 9.67. The van der Waals surface area contributed by atoms with Crippen LogP contribution >= 0.6 is 31.9 Å². The van der Waals surface area contributed by atoms with Gasteiger partial charge in [-0.2, -0.15) is 8.42 Å². The molecular weight excluding hydrogens is 622 g/mol. The molecule has 9 heteroatoms. The molecular formula is C28H27Br2NO5S. The van der Waals surface area contributed by atoms with Crippen molar-refractivity contribution in [2.24, 2.45) is 0 Å². The van der Waals surface area contributed by atoms with Crippen LogP contribution in [0.5, 0.6) is 5.75 Å². The second kappa shape index (κ2) is 10.2. The molecule has 5 rings (SSSR count). The largest absolute Gasteiger partial charge is 0.377 e. The van der Waals surface area contributed by atoms with Crippen molar-refractivity contribution in [1.82, 2.24) is 4.90 Å². The summed E-state index contributed by atoms with van der Waals surface area (Å²) in [5.74, 6) is -0.222. The molecule has 0 saturated heterocycles. The van der Waals surface area contributed by atoms with Crippen LogP contribution in [0.1, 0.15) is 62.5 Å². The number of carbonyl (C=O) groups excluding carboxylic acids is 2. The topological polar surface area (TPSA) is 80.8 Å². The summed E-state index contributed by atoms with van der Waals surface area (Å²) in [5, 5.41) is 0. The number of Topliss-reactive ketones (excluding diaryl/α,β-unsaturated/α-hetero) is 2. The van der Waals surface area contributed by atoms with Crippen LogP contribution in [0.3, 0.4) is 0 Å². The minimum atomic E-state index is -4.07. The lowest BCUT2D eigenvalue weighted by Gasteiger charge is -2.43. The first kappa shape index (κ1) is 26.4. The number of carbonyl (C=O) groups is 2. The number of rotatable bonds is 5. The highest BCUT2D eigenvalue weighted by atomic mass is 79.9. The lowest BCUT2D eigenvalue weighted by molar-refractivity contribution is -0.117. The van der Waals surface area contributed by atoms with Gasteiger partial charge in [0.15, 0.2) is 17.3 Å². The summed E-state index contributed by atoms with van der Waals surface area (Å²) < 4.78 is 32.3. The zero-order valence-corrected chi connectivity index (χ0v) is 24.6. The maximum Gasteiger partial charge on any atom is 0.339 e. The lowest BCUT2D eigenvalue weighted by atomic mass is 9.71. The van der Waals surface area contributed by atoms with Crippen LogP contribution in [0.15, 0.2) is 72.8 Å². The van der Waals surface area contributed by atoms with E-state index >= 15 is 0 Å². The van der Waals surface area contributed by atoms with Gasteiger partial charge in [-0.25, -0.2) is 0 Å². The van der Waals surface area contributed by atoms with Crippen LogP contribution in [-0.4, -0.2) is 31.4 Å². The number of allylic oxidation sites excluding steroid dienone is 4. The number of nitrogens with zero attached hydrogens (tertiary/aromatic N) is 1. The summed E-state index contributed by atoms with van der Waals surface area (Å²) in [6.45, 7) is 4.65. The molecule has 1 aliphatic heterocycles. The summed E-state index contributed by atoms with van der Waals surface area (Å²) in [6, 6.07) is 9.99. The number of benzene rings is 2. The molecule has 0 N–H and O–H groups in total. The van der Waals surface area contributed by atoms with E-state index in [-0.39, 0.29) is 22.2 Å². The van der Waals surface area contributed by atoms with Crippen molar-refractivity contribution in [3.8, 4) is 5.75 Å². The van der Waals surface area contributed by atoms with Crippen LogP contribution in [0.25, 0.3) is 0 Å². The van der Waals surface area contributed by atoms with Gasteiger partial charge >= 0.3 is 10.1 Å². The Morgan fingerprint density at radius 2 is 1.41 bits per heavy atom. The van der Waals surface area contributed by atoms with E-state index in [0.29, 0.717) is 39.5 Å². The molecule has 0 unspecified atom stereocenters. The Bertz CT molecular complexity index is 1410. The SMILES string of the molecule is CCN1C2=C(C(=O)CCC2)C(c2cc(Br)c(OS(=O)(=O)c3ccc(C)cc3)c(Br)c2)C2=C1CCCC2=O. The van der Waals surface area contributed by atoms with Gasteiger partial charge in [-0.05, 0) is 101 Å². The normalized spacial score (nSPS) is 18.8. The zero-order valence-electron chi connectivity index (χ0n) is 20.6. The Labute approximate surface area is 234 Å². The molecule has 3 aliphatic rings. The van der Waals surface area contributed by atoms with Crippen molar-refractivity contribution in [3.63, 3.8) is 0 Å². The Morgan fingerprint density at radius 3 is 1.89 bits per heavy atom. The fraction of sp³-hybridized carbons (Fsp3) is 0.357. The zero-order chi connectivity index (χ0) is 26.5. The number of hydrogen-bond donors (Lipinski definition) is 0. The molecule has 0 fully saturated rings. The quantitative estimate of drug-likeness (QED) is 0.335. The summed E-state index contributed by atoms with van der Waals surface area (Å²) in [7, 11) is -4.07. The smallest absolute Gasteiger partial charge is 0.339 e. The maximum atomic E-state index is 13.3. The van der Waals surface area contributed by atoms with Crippen molar-refractivity contribution < 1.29 is 22.2 Å². The predicted octanol–water partition coefficient (Wildman–Crippen LogP) is 6.72. The molecule has 37 heavy (non-hydrogen) atoms. The molecule has 2 aliphatic carbocycles. The fourth-order valence-corrected chi connectivity index (χ4v) is 8.18. The van der Waals surface area contributed by atoms with Crippen molar-refractivity contribution in [2.75, 3.05) is 6.54 Å². The minimum absolute atomic E-state index is 0.0538. The van der Waals surface area contributed by atoms with Crippen LogP contribution in [0.4, 0.5) is 0 Å². The fourth-order valence-electron chi connectivity index (χ4n) is 5.62. The van der Waals surface area contributed by atoms with Crippen LogP contribution in [-0.2, 0) is 19.7 Å². The number of hydrogen-bond acceptors (Lipinski definition) is 6. The summed E-state index contributed by atoms with van der Waals surface area (Å²) in [4.78, 5) is 28.9. The Balaban J connectivity index is 1.61. The number of aryl methyl sites for hydroxylation is 1. The molecule has 1 heterocycles. The van der Waals surface area contributed by atoms with E-state index in [2.05, 4.69) is 43.7 Å². The molecule has 0 aromatic heterocycles. The molecule has 0 amide bonds. The second-order valence-corrected chi connectivity index (χ2v) is 12.9. The van der Waals surface area contributed by atoms with Gasteiger partial charge < -0.3 is 9.08 Å². The highest BCUT2D eigenvalue weighted by molar-refractivity contribution is 9.11. The first-order valence-electron chi connectivity index (χ1n) is 12.4. The lowest BCUT2D eigenvalue weighted by Crippen LogP contribution is -2.39. The van der Waals surface area contributed by atoms with E-state index in [9.17, 15) is 18.0 Å². The van der Waals surface area contributed by atoms with Crippen molar-refractivity contribution in [2.45, 2.75) is 63.2 Å². The predicted molar refractivity (Wildman–Crippen MR) is 148 cm³/mol. The van der Waals surface area contributed by atoms with Gasteiger partial charge in [-0.3, -0.25) is 9.59 Å². The van der Waals surface area contributed by atoms with Crippen LogP contribution in [0, 0.1) is 6.92 Å². The van der Waals surface area contributed by atoms with Gasteiger partial charge in [0, 0.05) is 47.8 Å². The monoisotopic (exact) mass is 647 g/mol. The van der Waals surface area contributed by atoms with E-state index in [1.165, 1.54) is 12.1 Å². The highest BCUT2D eigenvalue weighted by Crippen LogP contribution is 2.50. The molecule has 0 spiro atoms. The highest BCUT2D eigenvalue weighted by Gasteiger charge is 2.43. The van der Waals surface area contributed by atoms with Gasteiger partial charge in [0.05, 0.1) is 8.95 Å². The molecule has 194 valence electrons. The van der Waals surface area contributed by atoms with E-state index in [1.54, 1.807) is 24.3 Å². The molecule has 2 aromatic rings. The molecule has 0 radical (unpaired) electrons. The Morgan fingerprint density at radius 1 is 0.892 bits per heavy atom. The standard InChI is InChI=1S/C28H27Br2NO5S/c1-3-31-21-6-4-8-23(32)26(21)25(27-22(31)7-5-9-24(27)33)17-14-19(29)28(20(30)15-17)36-37(34,35)18-12-10-16(2)11-13-18/h10-15,25H,3-9H2,1-2H3. The number of ketones is 2. The van der Waals surface area contributed by atoms with Gasteiger partial charge in [0.1, 0.15) is 4.90 Å². The molecule has 2 aromatic carbocycles. The Kier molecular flexibility index (Phi) is 7.24. The van der Waals surface area contributed by atoms with Gasteiger partial charge in [0.2, 0.25) is 0 Å². The first-order chi connectivity index (χ1) is 17.6. The van der Waals surface area contributed by atoms with E-state index < -0.39 is 16.0 Å². The Hall–Kier alpha value is -2.23. The third kappa shape index (κ3) is 4.74. The summed E-state index contributed by atoms with van der Waals surface area (Å²) >= 11 is 7.00. The van der Waals surface area contributed by atoms with Crippen molar-refractivity contribution >= 4 is 53.5 Å². The average Bonchev–Trinajstić information content (AvgIpc) is 2.85. The van der Waals surface area contributed by atoms with E-state index in [4.69, 9.17) is 4.18 Å². The molecule has 0 atom stereocenters. The first-order valence-corrected chi connectivity index (χ1v) is 15.4. The number of halogens is 2. The molecule has 6 nitrogen and oxygen atoms in total. The van der Waals surface area contributed by atoms with Crippen LogP contribution in [0.2, 0.25) is 0 Å². The van der Waals surface area contributed by atoms with Crippen molar-refractivity contribution in [1.29, 1.82) is 0 Å². The summed E-state index contributed by atoms with van der Waals surface area (Å²) in [6.07, 6.45) is 4.12. The van der Waals surface area contributed by atoms with Gasteiger partial charge in [0.25, 0.3) is 0 Å². The average molecular weight is 649 g/mol. The van der Waals surface area contributed by atoms with Crippen LogP contribution < -0.4 is 4.18 Å². The third-order valence-electron chi connectivity index (χ3n) is 7.26. The molecule has 0 bridgehead atoms. The summed E-state index contributed by atoms with van der Waals surface area (Å²) in [5.41, 5.74) is 5.12. The van der Waals surface area contributed by atoms with Gasteiger partial charge in [-0.15, -0.1) is 0 Å². The molecule has 0 saturated carbocycles. The minimum Gasteiger partial charge on any atom is -0.377 e. The van der Waals surface area contributed by atoms with Gasteiger partial charge in [-0.1, -0.05) is 17.7 Å². The maximum absolute atomic E-state index is 13.3. The van der Waals surface area contributed by atoms with E-state index in [0.717, 1.165) is 48.2 Å². The van der Waals surface area contributed by atoms with E-state index in [1.807, 2.05) is 6.92 Å².